The van der Waals surface area contributed by atoms with Crippen LogP contribution in [0.1, 0.15) is 39.0 Å². The monoisotopic (exact) mass is 165 g/mol. The van der Waals surface area contributed by atoms with Gasteiger partial charge < -0.3 is 5.32 Å². The van der Waals surface area contributed by atoms with Crippen LogP contribution < -0.4 is 5.32 Å². The standard InChI is InChI=1S/C11H19N/c1-3-9-12-11(4-2)10-7-5-6-8-10/h2,10-12H,3,5-9H2,1H3. The second-order valence-electron chi connectivity index (χ2n) is 3.64. The molecule has 68 valence electrons. The predicted molar refractivity (Wildman–Crippen MR) is 52.9 cm³/mol. The molecule has 1 heteroatoms. The summed E-state index contributed by atoms with van der Waals surface area (Å²) in [6.07, 6.45) is 12.0. The third-order valence-corrected chi connectivity index (χ3v) is 2.67. The van der Waals surface area contributed by atoms with E-state index in [1.807, 2.05) is 0 Å². The maximum absolute atomic E-state index is 5.48. The first-order valence-electron chi connectivity index (χ1n) is 5.08. The summed E-state index contributed by atoms with van der Waals surface area (Å²) in [4.78, 5) is 0. The van der Waals surface area contributed by atoms with Crippen LogP contribution in [0.5, 0.6) is 0 Å². The Morgan fingerprint density at radius 3 is 2.67 bits per heavy atom. The van der Waals surface area contributed by atoms with Crippen LogP contribution in [0.15, 0.2) is 0 Å². The lowest BCUT2D eigenvalue weighted by Gasteiger charge is -2.18. The number of nitrogens with one attached hydrogen (secondary N) is 1. The van der Waals surface area contributed by atoms with Crippen LogP contribution in [0.25, 0.3) is 0 Å². The van der Waals surface area contributed by atoms with Gasteiger partial charge in [0.25, 0.3) is 0 Å². The molecular formula is C11H19N. The molecule has 0 bridgehead atoms. The molecule has 0 radical (unpaired) electrons. The molecule has 0 aliphatic heterocycles. The summed E-state index contributed by atoms with van der Waals surface area (Å²) < 4.78 is 0. The molecule has 0 heterocycles. The molecule has 1 aliphatic rings. The van der Waals surface area contributed by atoms with Crippen LogP contribution in [-0.4, -0.2) is 12.6 Å². The minimum Gasteiger partial charge on any atom is -0.303 e. The average molecular weight is 165 g/mol. The first kappa shape index (κ1) is 9.61. The van der Waals surface area contributed by atoms with Gasteiger partial charge in [-0.1, -0.05) is 25.7 Å². The third-order valence-electron chi connectivity index (χ3n) is 2.67. The van der Waals surface area contributed by atoms with Crippen molar-refractivity contribution in [3.8, 4) is 12.3 Å². The molecular weight excluding hydrogens is 146 g/mol. The zero-order valence-corrected chi connectivity index (χ0v) is 7.97. The molecule has 1 aliphatic carbocycles. The van der Waals surface area contributed by atoms with E-state index in [1.54, 1.807) is 0 Å². The van der Waals surface area contributed by atoms with Gasteiger partial charge in [-0.2, -0.15) is 0 Å². The molecule has 1 atom stereocenters. The first-order chi connectivity index (χ1) is 5.88. The lowest BCUT2D eigenvalue weighted by atomic mass is 9.99. The second-order valence-corrected chi connectivity index (χ2v) is 3.64. The summed E-state index contributed by atoms with van der Waals surface area (Å²) >= 11 is 0. The van der Waals surface area contributed by atoms with Crippen LogP contribution in [-0.2, 0) is 0 Å². The van der Waals surface area contributed by atoms with Gasteiger partial charge in [-0.25, -0.2) is 0 Å². The molecule has 1 rings (SSSR count). The van der Waals surface area contributed by atoms with E-state index in [2.05, 4.69) is 18.2 Å². The Kier molecular flexibility index (Phi) is 4.18. The van der Waals surface area contributed by atoms with Crippen LogP contribution >= 0.6 is 0 Å². The topological polar surface area (TPSA) is 12.0 Å². The second kappa shape index (κ2) is 5.22. The van der Waals surface area contributed by atoms with Crippen molar-refractivity contribution in [2.75, 3.05) is 6.54 Å². The zero-order chi connectivity index (χ0) is 8.81. The molecule has 1 fully saturated rings. The van der Waals surface area contributed by atoms with Crippen molar-refractivity contribution in [3.05, 3.63) is 0 Å². The number of rotatable bonds is 4. The number of hydrogen-bond donors (Lipinski definition) is 1. The molecule has 0 saturated heterocycles. The summed E-state index contributed by atoms with van der Waals surface area (Å²) in [6, 6.07) is 0.340. The number of terminal acetylenes is 1. The van der Waals surface area contributed by atoms with Gasteiger partial charge >= 0.3 is 0 Å². The Bertz CT molecular complexity index is 151. The van der Waals surface area contributed by atoms with E-state index in [1.165, 1.54) is 32.1 Å². The van der Waals surface area contributed by atoms with Gasteiger partial charge in [-0.3, -0.25) is 0 Å². The van der Waals surface area contributed by atoms with Crippen LogP contribution in [0, 0.1) is 18.3 Å². The smallest absolute Gasteiger partial charge is 0.0715 e. The van der Waals surface area contributed by atoms with Crippen molar-refractivity contribution >= 4 is 0 Å². The first-order valence-corrected chi connectivity index (χ1v) is 5.08. The van der Waals surface area contributed by atoms with Crippen molar-refractivity contribution in [2.24, 2.45) is 5.92 Å². The lowest BCUT2D eigenvalue weighted by molar-refractivity contribution is 0.425. The van der Waals surface area contributed by atoms with Gasteiger partial charge in [0.1, 0.15) is 0 Å². The van der Waals surface area contributed by atoms with E-state index in [0.29, 0.717) is 6.04 Å². The van der Waals surface area contributed by atoms with Crippen LogP contribution in [0.2, 0.25) is 0 Å². The fourth-order valence-electron chi connectivity index (χ4n) is 1.95. The van der Waals surface area contributed by atoms with E-state index in [4.69, 9.17) is 6.42 Å². The Hall–Kier alpha value is -0.480. The van der Waals surface area contributed by atoms with E-state index in [9.17, 15) is 0 Å². The highest BCUT2D eigenvalue weighted by Crippen LogP contribution is 2.27. The maximum Gasteiger partial charge on any atom is 0.0715 e. The normalized spacial score (nSPS) is 20.7. The highest BCUT2D eigenvalue weighted by molar-refractivity contribution is 5.03. The van der Waals surface area contributed by atoms with Crippen LogP contribution in [0.4, 0.5) is 0 Å². The van der Waals surface area contributed by atoms with Crippen LogP contribution in [0.3, 0.4) is 0 Å². The van der Waals surface area contributed by atoms with Crippen molar-refractivity contribution in [1.82, 2.24) is 5.32 Å². The van der Waals surface area contributed by atoms with E-state index in [0.717, 1.165) is 12.5 Å². The van der Waals surface area contributed by atoms with E-state index < -0.39 is 0 Å². The van der Waals surface area contributed by atoms with Gasteiger partial charge in [-0.15, -0.1) is 6.42 Å². The lowest BCUT2D eigenvalue weighted by Crippen LogP contribution is -2.34. The predicted octanol–water partition coefficient (Wildman–Crippen LogP) is 2.18. The van der Waals surface area contributed by atoms with Gasteiger partial charge in [0.15, 0.2) is 0 Å². The molecule has 0 spiro atoms. The Morgan fingerprint density at radius 2 is 2.17 bits per heavy atom. The van der Waals surface area contributed by atoms with Crippen molar-refractivity contribution in [2.45, 2.75) is 45.1 Å². The van der Waals surface area contributed by atoms with E-state index >= 15 is 0 Å². The summed E-state index contributed by atoms with van der Waals surface area (Å²) in [5, 5.41) is 3.42. The molecule has 0 amide bonds. The molecule has 0 aromatic heterocycles. The van der Waals surface area contributed by atoms with Gasteiger partial charge in [0, 0.05) is 0 Å². The summed E-state index contributed by atoms with van der Waals surface area (Å²) in [5.74, 6) is 3.62. The SMILES string of the molecule is C#CC(NCCC)C1CCCC1. The maximum atomic E-state index is 5.48. The average Bonchev–Trinajstić information content (AvgIpc) is 2.59. The molecule has 0 aromatic carbocycles. The fraction of sp³-hybridized carbons (Fsp3) is 0.818. The summed E-state index contributed by atoms with van der Waals surface area (Å²) in [7, 11) is 0. The quantitative estimate of drug-likeness (QED) is 0.630. The molecule has 1 N–H and O–H groups in total. The molecule has 12 heavy (non-hydrogen) atoms. The minimum atomic E-state index is 0.340. The zero-order valence-electron chi connectivity index (χ0n) is 7.97. The highest BCUT2D eigenvalue weighted by atomic mass is 14.9. The van der Waals surface area contributed by atoms with E-state index in [-0.39, 0.29) is 0 Å². The number of hydrogen-bond acceptors (Lipinski definition) is 1. The Morgan fingerprint density at radius 1 is 1.50 bits per heavy atom. The molecule has 1 saturated carbocycles. The third kappa shape index (κ3) is 2.53. The van der Waals surface area contributed by atoms with Crippen molar-refractivity contribution in [3.63, 3.8) is 0 Å². The minimum absolute atomic E-state index is 0.340. The Balaban J connectivity index is 2.29. The summed E-state index contributed by atoms with van der Waals surface area (Å²) in [5.41, 5.74) is 0. The van der Waals surface area contributed by atoms with Gasteiger partial charge in [-0.05, 0) is 31.7 Å². The highest BCUT2D eigenvalue weighted by Gasteiger charge is 2.22. The van der Waals surface area contributed by atoms with Gasteiger partial charge in [0.2, 0.25) is 0 Å². The molecule has 1 unspecified atom stereocenters. The summed E-state index contributed by atoms with van der Waals surface area (Å²) in [6.45, 7) is 3.24. The van der Waals surface area contributed by atoms with Crippen molar-refractivity contribution in [1.29, 1.82) is 0 Å². The molecule has 1 nitrogen and oxygen atoms in total. The largest absolute Gasteiger partial charge is 0.303 e. The molecule has 0 aromatic rings. The van der Waals surface area contributed by atoms with Gasteiger partial charge in [0.05, 0.1) is 6.04 Å². The fourth-order valence-corrected chi connectivity index (χ4v) is 1.95. The Labute approximate surface area is 75.9 Å². The van der Waals surface area contributed by atoms with Crippen molar-refractivity contribution < 1.29 is 0 Å².